The first-order valence-corrected chi connectivity index (χ1v) is 8.26. The molecule has 0 saturated heterocycles. The molecule has 1 aliphatic carbocycles. The highest BCUT2D eigenvalue weighted by atomic mass is 35.5. The Morgan fingerprint density at radius 2 is 1.86 bits per heavy atom. The molecule has 3 nitrogen and oxygen atoms in total. The van der Waals surface area contributed by atoms with Crippen LogP contribution in [0.4, 0.5) is 0 Å². The summed E-state index contributed by atoms with van der Waals surface area (Å²) in [5.74, 6) is -0.0297. The number of nitrogens with one attached hydrogen (secondary N) is 1. The Balaban J connectivity index is 0.00000220. The monoisotopic (exact) mass is 329 g/mol. The molecule has 1 fully saturated rings. The number of thioether (sulfide) groups is 1. The summed E-state index contributed by atoms with van der Waals surface area (Å²) in [4.78, 5) is 14.9. The lowest BCUT2D eigenvalue weighted by atomic mass is 10.4. The molecular formula is C16H24ClNO2S. The van der Waals surface area contributed by atoms with E-state index in [1.807, 2.05) is 18.2 Å². The van der Waals surface area contributed by atoms with E-state index in [2.05, 4.69) is 26.0 Å². The van der Waals surface area contributed by atoms with E-state index in [1.54, 1.807) is 11.8 Å². The van der Waals surface area contributed by atoms with Gasteiger partial charge in [-0.2, -0.15) is 0 Å². The van der Waals surface area contributed by atoms with Crippen LogP contribution in [0.5, 0.6) is 0 Å². The summed E-state index contributed by atoms with van der Waals surface area (Å²) < 4.78 is 5.19. The maximum atomic E-state index is 12.2. The van der Waals surface area contributed by atoms with Crippen molar-refractivity contribution in [1.29, 1.82) is 0 Å². The molecule has 2 rings (SSSR count). The fraction of sp³-hybridized carbons (Fsp3) is 0.562. The van der Waals surface area contributed by atoms with Crippen molar-refractivity contribution in [3.05, 3.63) is 30.3 Å². The van der Waals surface area contributed by atoms with Gasteiger partial charge in [0.1, 0.15) is 17.9 Å². The van der Waals surface area contributed by atoms with E-state index in [4.69, 9.17) is 4.74 Å². The normalized spacial score (nSPS) is 15.4. The molecule has 5 heteroatoms. The second-order valence-electron chi connectivity index (χ2n) is 5.25. The maximum absolute atomic E-state index is 12.2. The van der Waals surface area contributed by atoms with Crippen LogP contribution in [0.15, 0.2) is 35.2 Å². The number of carbonyl (C=O) groups is 1. The van der Waals surface area contributed by atoms with Gasteiger partial charge in [-0.3, -0.25) is 4.79 Å². The summed E-state index contributed by atoms with van der Waals surface area (Å²) in [6.07, 6.45) is 1.87. The van der Waals surface area contributed by atoms with E-state index in [-0.39, 0.29) is 23.1 Å². The highest BCUT2D eigenvalue weighted by Gasteiger charge is 2.52. The van der Waals surface area contributed by atoms with Crippen LogP contribution in [-0.2, 0) is 9.53 Å². The number of benzene rings is 1. The number of halogens is 1. The minimum absolute atomic E-state index is 0. The Morgan fingerprint density at radius 1 is 1.24 bits per heavy atom. The molecular weight excluding hydrogens is 306 g/mol. The van der Waals surface area contributed by atoms with Gasteiger partial charge in [-0.05, 0) is 38.8 Å². The molecule has 0 bridgehead atoms. The van der Waals surface area contributed by atoms with Crippen molar-refractivity contribution in [2.24, 2.45) is 0 Å². The second kappa shape index (κ2) is 8.66. The Hall–Kier alpha value is -0.710. The molecule has 118 valence electrons. The van der Waals surface area contributed by atoms with Crippen LogP contribution >= 0.6 is 11.8 Å². The number of likely N-dealkylation sites (N-methyl/N-ethyl adjacent to an activating group) is 1. The van der Waals surface area contributed by atoms with Gasteiger partial charge in [-0.1, -0.05) is 18.2 Å². The summed E-state index contributed by atoms with van der Waals surface area (Å²) in [6, 6.07) is 10.1. The highest BCUT2D eigenvalue weighted by molar-refractivity contribution is 8.01. The number of quaternary nitrogens is 1. The first-order valence-electron chi connectivity index (χ1n) is 7.45. The molecule has 1 aromatic carbocycles. The van der Waals surface area contributed by atoms with Crippen molar-refractivity contribution < 1.29 is 26.8 Å². The van der Waals surface area contributed by atoms with Crippen LogP contribution in [0.2, 0.25) is 0 Å². The van der Waals surface area contributed by atoms with Crippen molar-refractivity contribution in [3.63, 3.8) is 0 Å². The lowest BCUT2D eigenvalue weighted by Crippen LogP contribution is -3.11. The molecule has 0 unspecified atom stereocenters. The number of ether oxygens (including phenoxy) is 1. The first kappa shape index (κ1) is 18.3. The van der Waals surface area contributed by atoms with Crippen LogP contribution in [0, 0.1) is 0 Å². The van der Waals surface area contributed by atoms with Gasteiger partial charge >= 0.3 is 5.97 Å². The maximum Gasteiger partial charge on any atom is 0.322 e. The molecule has 1 N–H and O–H groups in total. The van der Waals surface area contributed by atoms with E-state index in [0.29, 0.717) is 6.61 Å². The van der Waals surface area contributed by atoms with Gasteiger partial charge < -0.3 is 22.0 Å². The van der Waals surface area contributed by atoms with E-state index in [9.17, 15) is 4.79 Å². The topological polar surface area (TPSA) is 30.7 Å². The van der Waals surface area contributed by atoms with Crippen LogP contribution in [0.1, 0.15) is 26.7 Å². The van der Waals surface area contributed by atoms with Crippen LogP contribution in [-0.4, -0.2) is 37.0 Å². The summed E-state index contributed by atoms with van der Waals surface area (Å²) in [5.41, 5.74) is 0. The van der Waals surface area contributed by atoms with Crippen LogP contribution in [0.3, 0.4) is 0 Å². The molecule has 0 atom stereocenters. The van der Waals surface area contributed by atoms with E-state index >= 15 is 0 Å². The lowest BCUT2D eigenvalue weighted by molar-refractivity contribution is -0.896. The Kier molecular flexibility index (Phi) is 7.57. The predicted octanol–water partition coefficient (Wildman–Crippen LogP) is -1.22. The van der Waals surface area contributed by atoms with E-state index in [1.165, 1.54) is 4.90 Å². The smallest absolute Gasteiger partial charge is 0.322 e. The van der Waals surface area contributed by atoms with Crippen molar-refractivity contribution in [2.45, 2.75) is 36.3 Å². The SMILES string of the molecule is CC[NH+](CC)CCOC(=O)C1(Sc2ccccc2)CC1.[Cl-]. The molecule has 0 aromatic heterocycles. The van der Waals surface area contributed by atoms with E-state index < -0.39 is 0 Å². The van der Waals surface area contributed by atoms with Gasteiger partial charge in [-0.25, -0.2) is 0 Å². The molecule has 0 radical (unpaired) electrons. The third-order valence-corrected chi connectivity index (χ3v) is 5.29. The number of carbonyl (C=O) groups excluding carboxylic acids is 1. The summed E-state index contributed by atoms with van der Waals surface area (Å²) in [5, 5.41) is 0. The average molecular weight is 330 g/mol. The summed E-state index contributed by atoms with van der Waals surface area (Å²) >= 11 is 1.65. The van der Waals surface area contributed by atoms with Crippen molar-refractivity contribution in [1.82, 2.24) is 0 Å². The van der Waals surface area contributed by atoms with Gasteiger partial charge in [0.15, 0.2) is 0 Å². The predicted molar refractivity (Wildman–Crippen MR) is 82.1 cm³/mol. The van der Waals surface area contributed by atoms with Crippen LogP contribution in [0.25, 0.3) is 0 Å². The fourth-order valence-corrected chi connectivity index (χ4v) is 3.39. The van der Waals surface area contributed by atoms with Gasteiger partial charge in [0, 0.05) is 4.90 Å². The zero-order valence-corrected chi connectivity index (χ0v) is 14.3. The molecule has 21 heavy (non-hydrogen) atoms. The Bertz CT molecular complexity index is 433. The zero-order chi connectivity index (χ0) is 14.4. The average Bonchev–Trinajstić information content (AvgIpc) is 3.25. The zero-order valence-electron chi connectivity index (χ0n) is 12.7. The van der Waals surface area contributed by atoms with Gasteiger partial charge in [0.2, 0.25) is 0 Å². The number of esters is 1. The lowest BCUT2D eigenvalue weighted by Gasteiger charge is -2.17. The fourth-order valence-electron chi connectivity index (χ4n) is 2.20. The number of hydrogen-bond donors (Lipinski definition) is 1. The Morgan fingerprint density at radius 3 is 2.38 bits per heavy atom. The molecule has 1 saturated carbocycles. The number of hydrogen-bond acceptors (Lipinski definition) is 3. The quantitative estimate of drug-likeness (QED) is 0.607. The minimum Gasteiger partial charge on any atom is -1.00 e. The standard InChI is InChI=1S/C16H23NO2S.ClH/c1-3-17(4-2)12-13-19-15(18)16(10-11-16)20-14-8-6-5-7-9-14;/h5-9H,3-4,10-13H2,1-2H3;1H. The van der Waals surface area contributed by atoms with Crippen molar-refractivity contribution in [3.8, 4) is 0 Å². The first-order chi connectivity index (χ1) is 9.70. The third-order valence-electron chi connectivity index (χ3n) is 3.82. The van der Waals surface area contributed by atoms with Crippen molar-refractivity contribution in [2.75, 3.05) is 26.2 Å². The molecule has 1 aliphatic rings. The van der Waals surface area contributed by atoms with Gasteiger partial charge in [0.05, 0.1) is 13.1 Å². The molecule has 0 aliphatic heterocycles. The van der Waals surface area contributed by atoms with Gasteiger partial charge in [-0.15, -0.1) is 11.8 Å². The van der Waals surface area contributed by atoms with Crippen molar-refractivity contribution >= 4 is 17.7 Å². The van der Waals surface area contributed by atoms with Gasteiger partial charge in [0.25, 0.3) is 0 Å². The summed E-state index contributed by atoms with van der Waals surface area (Å²) in [7, 11) is 0. The summed E-state index contributed by atoms with van der Waals surface area (Å²) in [6.45, 7) is 7.93. The third kappa shape index (κ3) is 5.20. The Labute approximate surface area is 137 Å². The number of rotatable bonds is 8. The molecule has 0 heterocycles. The molecule has 1 aromatic rings. The molecule has 0 amide bonds. The second-order valence-corrected chi connectivity index (χ2v) is 6.71. The minimum atomic E-state index is -0.306. The highest BCUT2D eigenvalue weighted by Crippen LogP contribution is 2.52. The van der Waals surface area contributed by atoms with E-state index in [0.717, 1.165) is 37.4 Å². The van der Waals surface area contributed by atoms with Crippen LogP contribution < -0.4 is 17.3 Å². The molecule has 0 spiro atoms. The largest absolute Gasteiger partial charge is 1.00 e.